The molecule has 2 heterocycles. The van der Waals surface area contributed by atoms with E-state index in [1.54, 1.807) is 6.92 Å². The van der Waals surface area contributed by atoms with Crippen LogP contribution in [-0.4, -0.2) is 47.7 Å². The van der Waals surface area contributed by atoms with Crippen LogP contribution < -0.4 is 4.90 Å². The summed E-state index contributed by atoms with van der Waals surface area (Å²) in [6.45, 7) is 10.6. The lowest BCUT2D eigenvalue weighted by Crippen LogP contribution is -2.47. The van der Waals surface area contributed by atoms with Crippen LogP contribution in [0.3, 0.4) is 0 Å². The number of hydrogen-bond donors (Lipinski definition) is 1. The molecular weight excluding hydrogens is 290 g/mol. The average Bonchev–Trinajstić information content (AvgIpc) is 2.84. The standard InChI is InChI=1S/C14H23N3O3S/c1-10(2)9-15-4-6-16(7-5-15)14-12(17(19)20)8-13(21-14)11(3)18/h8,10-11,18H,4-7,9H2,1-3H3/t11-/m1/s1. The monoisotopic (exact) mass is 313 g/mol. The molecule has 0 radical (unpaired) electrons. The van der Waals surface area contributed by atoms with Gasteiger partial charge in [0.1, 0.15) is 0 Å². The molecule has 1 fully saturated rings. The number of aliphatic hydroxyl groups excluding tert-OH is 1. The van der Waals surface area contributed by atoms with Gasteiger partial charge in [-0.15, -0.1) is 11.3 Å². The quantitative estimate of drug-likeness (QED) is 0.668. The highest BCUT2D eigenvalue weighted by molar-refractivity contribution is 7.16. The minimum Gasteiger partial charge on any atom is -0.388 e. The number of aliphatic hydroxyl groups is 1. The molecule has 7 heteroatoms. The van der Waals surface area contributed by atoms with Crippen molar-refractivity contribution in [2.45, 2.75) is 26.9 Å². The second-order valence-corrected chi connectivity index (χ2v) is 7.02. The predicted octanol–water partition coefficient (Wildman–Crippen LogP) is 2.49. The smallest absolute Gasteiger partial charge is 0.304 e. The Morgan fingerprint density at radius 3 is 2.43 bits per heavy atom. The highest BCUT2D eigenvalue weighted by Crippen LogP contribution is 2.40. The van der Waals surface area contributed by atoms with Crippen molar-refractivity contribution in [3.8, 4) is 0 Å². The first-order chi connectivity index (χ1) is 9.88. The first kappa shape index (κ1) is 16.2. The molecule has 1 aromatic heterocycles. The van der Waals surface area contributed by atoms with E-state index >= 15 is 0 Å². The Kier molecular flexibility index (Phi) is 5.18. The van der Waals surface area contributed by atoms with Gasteiger partial charge in [-0.2, -0.15) is 0 Å². The van der Waals surface area contributed by atoms with Gasteiger partial charge in [-0.3, -0.25) is 15.0 Å². The third-order valence-corrected chi connectivity index (χ3v) is 4.96. The lowest BCUT2D eigenvalue weighted by Gasteiger charge is -2.35. The van der Waals surface area contributed by atoms with Crippen molar-refractivity contribution < 1.29 is 10.0 Å². The van der Waals surface area contributed by atoms with Crippen LogP contribution in [0.5, 0.6) is 0 Å². The zero-order valence-electron chi connectivity index (χ0n) is 12.8. The second-order valence-electron chi connectivity index (χ2n) is 5.95. The first-order valence-electron chi connectivity index (χ1n) is 7.32. The molecule has 0 spiro atoms. The summed E-state index contributed by atoms with van der Waals surface area (Å²) in [6, 6.07) is 1.51. The SMILES string of the molecule is CC(C)CN1CCN(c2sc([C@@H](C)O)cc2[N+](=O)[O-])CC1. The topological polar surface area (TPSA) is 69.8 Å². The highest BCUT2D eigenvalue weighted by atomic mass is 32.1. The Morgan fingerprint density at radius 2 is 1.95 bits per heavy atom. The third-order valence-electron chi connectivity index (χ3n) is 3.60. The molecule has 1 N–H and O–H groups in total. The van der Waals surface area contributed by atoms with Gasteiger partial charge >= 0.3 is 5.69 Å². The van der Waals surface area contributed by atoms with Crippen LogP contribution in [-0.2, 0) is 0 Å². The number of piperazine rings is 1. The van der Waals surface area contributed by atoms with Gasteiger partial charge in [0, 0.05) is 43.7 Å². The van der Waals surface area contributed by atoms with Crippen LogP contribution in [0.25, 0.3) is 0 Å². The molecule has 6 nitrogen and oxygen atoms in total. The van der Waals surface area contributed by atoms with E-state index in [0.717, 1.165) is 32.7 Å². The van der Waals surface area contributed by atoms with Crippen LogP contribution >= 0.6 is 11.3 Å². The number of nitrogens with zero attached hydrogens (tertiary/aromatic N) is 3. The first-order valence-corrected chi connectivity index (χ1v) is 8.13. The van der Waals surface area contributed by atoms with E-state index in [4.69, 9.17) is 0 Å². The Balaban J connectivity index is 2.10. The van der Waals surface area contributed by atoms with E-state index in [0.29, 0.717) is 15.8 Å². The maximum Gasteiger partial charge on any atom is 0.304 e. The van der Waals surface area contributed by atoms with Gasteiger partial charge in [-0.05, 0) is 12.8 Å². The number of thiophene rings is 1. The Labute approximate surface area is 129 Å². The third kappa shape index (κ3) is 3.93. The Morgan fingerprint density at radius 1 is 1.33 bits per heavy atom. The minimum atomic E-state index is -0.662. The molecular formula is C14H23N3O3S. The zero-order chi connectivity index (χ0) is 15.6. The molecule has 118 valence electrons. The predicted molar refractivity (Wildman–Crippen MR) is 85.1 cm³/mol. The largest absolute Gasteiger partial charge is 0.388 e. The van der Waals surface area contributed by atoms with Crippen molar-refractivity contribution in [2.75, 3.05) is 37.6 Å². The van der Waals surface area contributed by atoms with E-state index in [1.165, 1.54) is 17.4 Å². The van der Waals surface area contributed by atoms with Crippen molar-refractivity contribution in [3.63, 3.8) is 0 Å². The fraction of sp³-hybridized carbons (Fsp3) is 0.714. The Bertz CT molecular complexity index is 494. The molecule has 0 amide bonds. The summed E-state index contributed by atoms with van der Waals surface area (Å²) >= 11 is 1.33. The molecule has 1 atom stereocenters. The van der Waals surface area contributed by atoms with Crippen LogP contribution in [0.1, 0.15) is 31.8 Å². The summed E-state index contributed by atoms with van der Waals surface area (Å²) in [5.74, 6) is 0.634. The lowest BCUT2D eigenvalue weighted by molar-refractivity contribution is -0.383. The van der Waals surface area contributed by atoms with Crippen LogP contribution in [0.4, 0.5) is 10.7 Å². The summed E-state index contributed by atoms with van der Waals surface area (Å²) in [7, 11) is 0. The van der Waals surface area contributed by atoms with Gasteiger partial charge < -0.3 is 10.0 Å². The Hall–Kier alpha value is -1.18. The molecule has 0 aliphatic carbocycles. The number of anilines is 1. The fourth-order valence-electron chi connectivity index (χ4n) is 2.60. The summed E-state index contributed by atoms with van der Waals surface area (Å²) in [4.78, 5) is 16.0. The number of nitro groups is 1. The molecule has 0 aromatic carbocycles. The van der Waals surface area contributed by atoms with Gasteiger partial charge in [-0.1, -0.05) is 13.8 Å². The molecule has 0 bridgehead atoms. The summed E-state index contributed by atoms with van der Waals surface area (Å²) in [5, 5.41) is 21.5. The van der Waals surface area contributed by atoms with E-state index in [9.17, 15) is 15.2 Å². The molecule has 1 aliphatic heterocycles. The maximum atomic E-state index is 11.2. The zero-order valence-corrected chi connectivity index (χ0v) is 13.6. The summed E-state index contributed by atoms with van der Waals surface area (Å²) < 4.78 is 0. The number of hydrogen-bond acceptors (Lipinski definition) is 6. The van der Waals surface area contributed by atoms with Crippen molar-refractivity contribution in [1.82, 2.24) is 4.90 Å². The van der Waals surface area contributed by atoms with E-state index in [-0.39, 0.29) is 10.6 Å². The van der Waals surface area contributed by atoms with Crippen molar-refractivity contribution in [3.05, 3.63) is 21.1 Å². The van der Waals surface area contributed by atoms with Crippen molar-refractivity contribution in [2.24, 2.45) is 5.92 Å². The number of rotatable bonds is 5. The molecule has 21 heavy (non-hydrogen) atoms. The van der Waals surface area contributed by atoms with Crippen LogP contribution in [0.2, 0.25) is 0 Å². The normalized spacial score (nSPS) is 18.2. The van der Waals surface area contributed by atoms with Crippen LogP contribution in [0.15, 0.2) is 6.07 Å². The molecule has 2 rings (SSSR count). The fourth-order valence-corrected chi connectivity index (χ4v) is 3.72. The van der Waals surface area contributed by atoms with E-state index in [2.05, 4.69) is 23.6 Å². The van der Waals surface area contributed by atoms with E-state index in [1.807, 2.05) is 0 Å². The van der Waals surface area contributed by atoms with Gasteiger partial charge in [0.05, 0.1) is 11.0 Å². The molecule has 1 saturated heterocycles. The molecule has 1 aliphatic rings. The van der Waals surface area contributed by atoms with Gasteiger partial charge in [0.25, 0.3) is 0 Å². The van der Waals surface area contributed by atoms with Crippen LogP contribution in [0, 0.1) is 16.0 Å². The van der Waals surface area contributed by atoms with Crippen molar-refractivity contribution >= 4 is 22.0 Å². The van der Waals surface area contributed by atoms with Gasteiger partial charge in [-0.25, -0.2) is 0 Å². The summed E-state index contributed by atoms with van der Waals surface area (Å²) in [5.41, 5.74) is 0.119. The molecule has 1 aromatic rings. The van der Waals surface area contributed by atoms with Crippen molar-refractivity contribution in [1.29, 1.82) is 0 Å². The maximum absolute atomic E-state index is 11.2. The molecule has 0 saturated carbocycles. The van der Waals surface area contributed by atoms with Gasteiger partial charge in [0.15, 0.2) is 5.00 Å². The summed E-state index contributed by atoms with van der Waals surface area (Å²) in [6.07, 6.45) is -0.662. The second kappa shape index (κ2) is 6.72. The van der Waals surface area contributed by atoms with E-state index < -0.39 is 6.10 Å². The average molecular weight is 313 g/mol. The molecule has 0 unspecified atom stereocenters. The highest BCUT2D eigenvalue weighted by Gasteiger charge is 2.27. The lowest BCUT2D eigenvalue weighted by atomic mass is 10.2. The minimum absolute atomic E-state index is 0.119. The van der Waals surface area contributed by atoms with Gasteiger partial charge in [0.2, 0.25) is 0 Å².